The van der Waals surface area contributed by atoms with Crippen LogP contribution in [0.25, 0.3) is 0 Å². The van der Waals surface area contributed by atoms with Gasteiger partial charge in [0.1, 0.15) is 11.8 Å². The maximum absolute atomic E-state index is 13.6. The van der Waals surface area contributed by atoms with Crippen molar-refractivity contribution in [2.75, 3.05) is 31.7 Å². The van der Waals surface area contributed by atoms with E-state index >= 15 is 0 Å². The molecule has 3 aromatic rings. The summed E-state index contributed by atoms with van der Waals surface area (Å²) in [5.74, 6) is -0.362. The Morgan fingerprint density at radius 1 is 0.975 bits per heavy atom. The Kier molecular flexibility index (Phi) is 9.86. The van der Waals surface area contributed by atoms with E-state index in [0.717, 1.165) is 17.7 Å². The molecule has 1 N–H and O–H groups in total. The molecule has 8 nitrogen and oxygen atoms in total. The van der Waals surface area contributed by atoms with Gasteiger partial charge in [-0.05, 0) is 79.5 Å². The number of nitrogens with one attached hydrogen (secondary N) is 1. The van der Waals surface area contributed by atoms with Crippen LogP contribution in [-0.4, -0.2) is 60.6 Å². The molecule has 0 bridgehead atoms. The second kappa shape index (κ2) is 13.7. The molecular weight excluding hydrogens is 526 g/mol. The number of anilines is 1. The van der Waals surface area contributed by atoms with Crippen LogP contribution in [0.4, 0.5) is 5.69 Å². The molecular formula is C31H33N3O5S. The summed E-state index contributed by atoms with van der Waals surface area (Å²) in [6, 6.07) is 23.3. The lowest BCUT2D eigenvalue weighted by Gasteiger charge is -2.30. The van der Waals surface area contributed by atoms with E-state index in [0.29, 0.717) is 35.9 Å². The number of nitrogens with zero attached hydrogens (tertiary/aromatic N) is 2. The van der Waals surface area contributed by atoms with Crippen LogP contribution in [0.1, 0.15) is 34.8 Å². The Morgan fingerprint density at radius 3 is 2.30 bits per heavy atom. The Balaban J connectivity index is 1.49. The zero-order valence-electron chi connectivity index (χ0n) is 22.7. The fraction of sp³-hybridized carbons (Fsp3) is 0.290. The number of imide groups is 1. The molecule has 9 heteroatoms. The predicted octanol–water partition coefficient (Wildman–Crippen LogP) is 4.17. The summed E-state index contributed by atoms with van der Waals surface area (Å²) in [5, 5.41) is 3.71. The van der Waals surface area contributed by atoms with Crippen LogP contribution in [0.5, 0.6) is 5.75 Å². The molecule has 1 atom stereocenters. The van der Waals surface area contributed by atoms with Gasteiger partial charge < -0.3 is 19.7 Å². The van der Waals surface area contributed by atoms with Crippen LogP contribution in [0.15, 0.2) is 78.9 Å². The lowest BCUT2D eigenvalue weighted by atomic mass is 10.1. The summed E-state index contributed by atoms with van der Waals surface area (Å²) in [4.78, 5) is 41.7. The second-order valence-corrected chi connectivity index (χ2v) is 9.70. The highest BCUT2D eigenvalue weighted by atomic mass is 32.1. The maximum Gasteiger partial charge on any atom is 0.338 e. The van der Waals surface area contributed by atoms with Crippen molar-refractivity contribution in [1.29, 1.82) is 0 Å². The molecule has 2 amide bonds. The molecule has 1 saturated heterocycles. The number of thiocarbonyl (C=S) groups is 1. The third kappa shape index (κ3) is 7.04. The van der Waals surface area contributed by atoms with Crippen molar-refractivity contribution in [2.24, 2.45) is 0 Å². The standard InChI is InChI=1S/C31H33N3O5S/c1-3-39-30(37)24-11-13-25(14-12-24)34-28(35)21-27(29(34)36)33(20-18-23-9-15-26(38-2)16-10-23)31(40)32-19-17-22-7-5-4-6-8-22/h4-16,27H,3,17-21H2,1-2H3,(H,32,40). The number of hydrogen-bond donors (Lipinski definition) is 1. The summed E-state index contributed by atoms with van der Waals surface area (Å²) in [7, 11) is 1.62. The average molecular weight is 560 g/mol. The Morgan fingerprint density at radius 2 is 1.65 bits per heavy atom. The predicted molar refractivity (Wildman–Crippen MR) is 157 cm³/mol. The van der Waals surface area contributed by atoms with Gasteiger partial charge in [-0.3, -0.25) is 9.59 Å². The lowest BCUT2D eigenvalue weighted by molar-refractivity contribution is -0.122. The van der Waals surface area contributed by atoms with Gasteiger partial charge in [0.15, 0.2) is 5.11 Å². The van der Waals surface area contributed by atoms with Crippen LogP contribution in [-0.2, 0) is 27.2 Å². The third-order valence-corrected chi connectivity index (χ3v) is 7.11. The van der Waals surface area contributed by atoms with Crippen LogP contribution < -0.4 is 15.0 Å². The van der Waals surface area contributed by atoms with E-state index in [1.807, 2.05) is 47.4 Å². The minimum Gasteiger partial charge on any atom is -0.497 e. The molecule has 0 aliphatic carbocycles. The monoisotopic (exact) mass is 559 g/mol. The molecule has 1 unspecified atom stereocenters. The lowest BCUT2D eigenvalue weighted by Crippen LogP contribution is -2.50. The van der Waals surface area contributed by atoms with Crippen molar-refractivity contribution < 1.29 is 23.9 Å². The van der Waals surface area contributed by atoms with Gasteiger partial charge in [-0.15, -0.1) is 0 Å². The number of rotatable bonds is 11. The minimum absolute atomic E-state index is 0.00157. The van der Waals surface area contributed by atoms with Gasteiger partial charge >= 0.3 is 5.97 Å². The van der Waals surface area contributed by atoms with Crippen molar-refractivity contribution in [3.63, 3.8) is 0 Å². The topological polar surface area (TPSA) is 88.2 Å². The van der Waals surface area contributed by atoms with E-state index in [1.165, 1.54) is 10.5 Å². The largest absolute Gasteiger partial charge is 0.497 e. The highest BCUT2D eigenvalue weighted by Gasteiger charge is 2.43. The number of benzene rings is 3. The molecule has 1 fully saturated rings. The third-order valence-electron chi connectivity index (χ3n) is 6.73. The molecule has 3 aromatic carbocycles. The van der Waals surface area contributed by atoms with Gasteiger partial charge in [0.2, 0.25) is 5.91 Å². The van der Waals surface area contributed by atoms with E-state index in [4.69, 9.17) is 21.7 Å². The van der Waals surface area contributed by atoms with Gasteiger partial charge in [-0.2, -0.15) is 0 Å². The van der Waals surface area contributed by atoms with E-state index in [1.54, 1.807) is 38.3 Å². The average Bonchev–Trinajstić information content (AvgIpc) is 3.27. The SMILES string of the molecule is CCOC(=O)c1ccc(N2C(=O)CC(N(CCc3ccc(OC)cc3)C(=S)NCCc3ccccc3)C2=O)cc1. The quantitative estimate of drug-likeness (QED) is 0.213. The molecule has 1 heterocycles. The fourth-order valence-corrected chi connectivity index (χ4v) is 4.91. The van der Waals surface area contributed by atoms with Crippen molar-refractivity contribution in [3.8, 4) is 5.75 Å². The number of carbonyl (C=O) groups excluding carboxylic acids is 3. The van der Waals surface area contributed by atoms with E-state index in [9.17, 15) is 14.4 Å². The molecule has 40 heavy (non-hydrogen) atoms. The number of ether oxygens (including phenoxy) is 2. The fourth-order valence-electron chi connectivity index (χ4n) is 4.59. The minimum atomic E-state index is -0.743. The Bertz CT molecular complexity index is 1330. The zero-order valence-corrected chi connectivity index (χ0v) is 23.5. The van der Waals surface area contributed by atoms with Crippen molar-refractivity contribution in [3.05, 3.63) is 95.6 Å². The van der Waals surface area contributed by atoms with Crippen molar-refractivity contribution in [1.82, 2.24) is 10.2 Å². The normalized spacial score (nSPS) is 14.7. The molecule has 1 aliphatic heterocycles. The molecule has 0 radical (unpaired) electrons. The summed E-state index contributed by atoms with van der Waals surface area (Å²) in [5.41, 5.74) is 2.99. The summed E-state index contributed by atoms with van der Waals surface area (Å²) >= 11 is 5.76. The number of hydrogen-bond acceptors (Lipinski definition) is 6. The molecule has 4 rings (SSSR count). The molecule has 0 spiro atoms. The van der Waals surface area contributed by atoms with Crippen molar-refractivity contribution in [2.45, 2.75) is 32.2 Å². The van der Waals surface area contributed by atoms with E-state index in [2.05, 4.69) is 17.4 Å². The molecule has 0 aromatic heterocycles. The second-order valence-electron chi connectivity index (χ2n) is 9.31. The summed E-state index contributed by atoms with van der Waals surface area (Å²) in [6.07, 6.45) is 1.39. The van der Waals surface area contributed by atoms with Crippen LogP contribution >= 0.6 is 12.2 Å². The zero-order chi connectivity index (χ0) is 28.5. The van der Waals surface area contributed by atoms with Crippen LogP contribution in [0.3, 0.4) is 0 Å². The van der Waals surface area contributed by atoms with Gasteiger partial charge in [-0.25, -0.2) is 9.69 Å². The highest BCUT2D eigenvalue weighted by molar-refractivity contribution is 7.80. The summed E-state index contributed by atoms with van der Waals surface area (Å²) < 4.78 is 10.3. The number of carbonyl (C=O) groups is 3. The van der Waals surface area contributed by atoms with Crippen molar-refractivity contribution >= 4 is 40.8 Å². The highest BCUT2D eigenvalue weighted by Crippen LogP contribution is 2.27. The Labute approximate surface area is 239 Å². The first-order valence-corrected chi connectivity index (χ1v) is 13.7. The van der Waals surface area contributed by atoms with E-state index in [-0.39, 0.29) is 24.8 Å². The smallest absolute Gasteiger partial charge is 0.338 e. The van der Waals surface area contributed by atoms with Gasteiger partial charge in [-0.1, -0.05) is 42.5 Å². The van der Waals surface area contributed by atoms with Gasteiger partial charge in [0, 0.05) is 13.1 Å². The first-order valence-electron chi connectivity index (χ1n) is 13.3. The molecule has 1 aliphatic rings. The van der Waals surface area contributed by atoms with Gasteiger partial charge in [0.25, 0.3) is 5.91 Å². The number of esters is 1. The number of methoxy groups -OCH3 is 1. The number of amides is 2. The molecule has 208 valence electrons. The van der Waals surface area contributed by atoms with Crippen LogP contribution in [0, 0.1) is 0 Å². The first kappa shape index (κ1) is 28.8. The Hall–Kier alpha value is -4.24. The van der Waals surface area contributed by atoms with Crippen LogP contribution in [0.2, 0.25) is 0 Å². The first-order chi connectivity index (χ1) is 19.4. The maximum atomic E-state index is 13.6. The van der Waals surface area contributed by atoms with E-state index < -0.39 is 12.0 Å². The molecule has 0 saturated carbocycles. The summed E-state index contributed by atoms with van der Waals surface area (Å²) in [6.45, 7) is 3.03. The van der Waals surface area contributed by atoms with Gasteiger partial charge in [0.05, 0.1) is 31.4 Å².